The van der Waals surface area contributed by atoms with E-state index in [0.717, 1.165) is 18.7 Å². The third-order valence-electron chi connectivity index (χ3n) is 4.36. The molecule has 152 valence electrons. The Bertz CT molecular complexity index is 899. The van der Waals surface area contributed by atoms with Gasteiger partial charge in [-0.25, -0.2) is 12.8 Å². The minimum Gasteiger partial charge on any atom is -0.351 e. The smallest absolute Gasteiger partial charge is 0.261 e. The maximum Gasteiger partial charge on any atom is 0.261 e. The van der Waals surface area contributed by atoms with Crippen molar-refractivity contribution in [2.45, 2.75) is 31.7 Å². The summed E-state index contributed by atoms with van der Waals surface area (Å²) >= 11 is 0. The third kappa shape index (κ3) is 5.77. The highest BCUT2D eigenvalue weighted by molar-refractivity contribution is 7.92. The number of sulfonamides is 1. The SMILES string of the molecule is CCN(CCNC(=O)c1ccccc1NS(=O)(=O)c1ccc(F)cc1)C(C)C. The Morgan fingerprint density at radius 3 is 2.36 bits per heavy atom. The van der Waals surface area contributed by atoms with E-state index in [2.05, 4.69) is 35.7 Å². The number of likely N-dealkylation sites (N-methyl/N-ethyl adjacent to an activating group) is 1. The first kappa shape index (κ1) is 21.8. The molecule has 0 saturated carbocycles. The van der Waals surface area contributed by atoms with Crippen LogP contribution in [0.5, 0.6) is 0 Å². The van der Waals surface area contributed by atoms with Crippen molar-refractivity contribution in [1.82, 2.24) is 10.2 Å². The van der Waals surface area contributed by atoms with Gasteiger partial charge in [-0.2, -0.15) is 0 Å². The number of carbonyl (C=O) groups excluding carboxylic acids is 1. The largest absolute Gasteiger partial charge is 0.351 e. The number of hydrogen-bond acceptors (Lipinski definition) is 4. The van der Waals surface area contributed by atoms with Crippen molar-refractivity contribution in [1.29, 1.82) is 0 Å². The lowest BCUT2D eigenvalue weighted by Crippen LogP contribution is -2.38. The first-order valence-corrected chi connectivity index (χ1v) is 10.6. The number of halogens is 1. The fraction of sp³-hybridized carbons (Fsp3) is 0.350. The molecule has 1 amide bonds. The van der Waals surface area contributed by atoms with Gasteiger partial charge in [0.25, 0.3) is 15.9 Å². The molecule has 6 nitrogen and oxygen atoms in total. The van der Waals surface area contributed by atoms with Gasteiger partial charge in [-0.05, 0) is 56.8 Å². The first-order chi connectivity index (χ1) is 13.2. The van der Waals surface area contributed by atoms with E-state index in [1.807, 2.05) is 0 Å². The summed E-state index contributed by atoms with van der Waals surface area (Å²) in [5.41, 5.74) is 0.390. The van der Waals surface area contributed by atoms with Crippen LogP contribution < -0.4 is 10.0 Å². The van der Waals surface area contributed by atoms with Crippen molar-refractivity contribution in [3.05, 3.63) is 59.9 Å². The number of anilines is 1. The normalized spacial score (nSPS) is 11.6. The molecule has 2 aromatic rings. The number of para-hydroxylation sites is 1. The second-order valence-corrected chi connectivity index (χ2v) is 8.27. The van der Waals surface area contributed by atoms with E-state index in [9.17, 15) is 17.6 Å². The summed E-state index contributed by atoms with van der Waals surface area (Å²) in [6, 6.07) is 11.2. The Labute approximate surface area is 165 Å². The summed E-state index contributed by atoms with van der Waals surface area (Å²) in [6.45, 7) is 8.26. The summed E-state index contributed by atoms with van der Waals surface area (Å²) in [5, 5.41) is 2.83. The van der Waals surface area contributed by atoms with Crippen LogP contribution in [0.1, 0.15) is 31.1 Å². The van der Waals surface area contributed by atoms with Gasteiger partial charge in [-0.1, -0.05) is 19.1 Å². The summed E-state index contributed by atoms with van der Waals surface area (Å²) < 4.78 is 40.5. The molecule has 2 rings (SSSR count). The molecule has 0 atom stereocenters. The number of nitrogens with one attached hydrogen (secondary N) is 2. The van der Waals surface area contributed by atoms with Gasteiger partial charge in [0.15, 0.2) is 0 Å². The molecule has 0 aromatic heterocycles. The highest BCUT2D eigenvalue weighted by atomic mass is 32.2. The van der Waals surface area contributed by atoms with Gasteiger partial charge in [0.2, 0.25) is 0 Å². The van der Waals surface area contributed by atoms with Crippen LogP contribution in [0.3, 0.4) is 0 Å². The van der Waals surface area contributed by atoms with Crippen molar-refractivity contribution in [2.75, 3.05) is 24.4 Å². The lowest BCUT2D eigenvalue weighted by atomic mass is 10.1. The first-order valence-electron chi connectivity index (χ1n) is 9.14. The van der Waals surface area contributed by atoms with Gasteiger partial charge in [0, 0.05) is 19.1 Å². The summed E-state index contributed by atoms with van der Waals surface area (Å²) in [6.07, 6.45) is 0. The van der Waals surface area contributed by atoms with E-state index in [-0.39, 0.29) is 22.1 Å². The average Bonchev–Trinajstić information content (AvgIpc) is 2.65. The third-order valence-corrected chi connectivity index (χ3v) is 5.74. The molecule has 0 saturated heterocycles. The Kier molecular flexibility index (Phi) is 7.53. The van der Waals surface area contributed by atoms with Crippen molar-refractivity contribution in [3.63, 3.8) is 0 Å². The summed E-state index contributed by atoms with van der Waals surface area (Å²) in [4.78, 5) is 14.7. The Hall–Kier alpha value is -2.45. The zero-order chi connectivity index (χ0) is 20.7. The number of rotatable bonds is 9. The van der Waals surface area contributed by atoms with Crippen molar-refractivity contribution >= 4 is 21.6 Å². The molecule has 0 spiro atoms. The zero-order valence-electron chi connectivity index (χ0n) is 16.3. The predicted octanol–water partition coefficient (Wildman–Crippen LogP) is 3.09. The van der Waals surface area contributed by atoms with Crippen LogP contribution in [0.4, 0.5) is 10.1 Å². The van der Waals surface area contributed by atoms with Crippen LogP contribution in [-0.2, 0) is 10.0 Å². The van der Waals surface area contributed by atoms with E-state index in [1.54, 1.807) is 18.2 Å². The topological polar surface area (TPSA) is 78.5 Å². The minimum atomic E-state index is -3.94. The Morgan fingerprint density at radius 1 is 1.11 bits per heavy atom. The fourth-order valence-corrected chi connectivity index (χ4v) is 3.86. The van der Waals surface area contributed by atoms with Crippen molar-refractivity contribution < 1.29 is 17.6 Å². The molecule has 28 heavy (non-hydrogen) atoms. The number of carbonyl (C=O) groups is 1. The minimum absolute atomic E-state index is 0.0837. The molecule has 0 heterocycles. The molecule has 0 aliphatic rings. The molecule has 8 heteroatoms. The van der Waals surface area contributed by atoms with E-state index < -0.39 is 15.8 Å². The lowest BCUT2D eigenvalue weighted by molar-refractivity contribution is 0.0947. The zero-order valence-corrected chi connectivity index (χ0v) is 17.1. The maximum absolute atomic E-state index is 13.1. The number of hydrogen-bond donors (Lipinski definition) is 2. The van der Waals surface area contributed by atoms with E-state index in [4.69, 9.17) is 0 Å². The van der Waals surface area contributed by atoms with Crippen LogP contribution >= 0.6 is 0 Å². The highest BCUT2D eigenvalue weighted by Crippen LogP contribution is 2.20. The molecular weight excluding hydrogens is 381 g/mol. The standard InChI is InChI=1S/C20H26FN3O3S/c1-4-24(15(2)3)14-13-22-20(25)18-7-5-6-8-19(18)23-28(26,27)17-11-9-16(21)10-12-17/h5-12,15,23H,4,13-14H2,1-3H3,(H,22,25). The van der Waals surface area contributed by atoms with Crippen molar-refractivity contribution in [2.24, 2.45) is 0 Å². The van der Waals surface area contributed by atoms with Gasteiger partial charge in [-0.3, -0.25) is 14.4 Å². The van der Waals surface area contributed by atoms with Crippen LogP contribution in [0.25, 0.3) is 0 Å². The predicted molar refractivity (Wildman–Crippen MR) is 108 cm³/mol. The van der Waals surface area contributed by atoms with Gasteiger partial charge < -0.3 is 5.32 Å². The van der Waals surface area contributed by atoms with E-state index >= 15 is 0 Å². The molecular formula is C20H26FN3O3S. The molecule has 0 unspecified atom stereocenters. The summed E-state index contributed by atoms with van der Waals surface area (Å²) in [7, 11) is -3.94. The van der Waals surface area contributed by atoms with Crippen molar-refractivity contribution in [3.8, 4) is 0 Å². The molecule has 2 N–H and O–H groups in total. The maximum atomic E-state index is 13.1. The van der Waals surface area contributed by atoms with Gasteiger partial charge in [0.05, 0.1) is 16.1 Å². The van der Waals surface area contributed by atoms with E-state index in [0.29, 0.717) is 19.1 Å². The number of nitrogens with zero attached hydrogens (tertiary/aromatic N) is 1. The van der Waals surface area contributed by atoms with E-state index in [1.165, 1.54) is 18.2 Å². The van der Waals surface area contributed by atoms with Crippen LogP contribution in [0, 0.1) is 5.82 Å². The molecule has 0 fully saturated rings. The monoisotopic (exact) mass is 407 g/mol. The molecule has 0 radical (unpaired) electrons. The second kappa shape index (κ2) is 9.66. The van der Waals surface area contributed by atoms with Gasteiger partial charge in [-0.15, -0.1) is 0 Å². The Balaban J connectivity index is 2.11. The van der Waals surface area contributed by atoms with Crippen LogP contribution in [-0.4, -0.2) is 44.9 Å². The molecule has 0 aliphatic heterocycles. The average molecular weight is 408 g/mol. The molecule has 2 aromatic carbocycles. The van der Waals surface area contributed by atoms with Crippen LogP contribution in [0.15, 0.2) is 53.4 Å². The summed E-state index contributed by atoms with van der Waals surface area (Å²) in [5.74, 6) is -0.890. The Morgan fingerprint density at radius 2 is 1.75 bits per heavy atom. The second-order valence-electron chi connectivity index (χ2n) is 6.58. The number of amides is 1. The molecule has 0 aliphatic carbocycles. The highest BCUT2D eigenvalue weighted by Gasteiger charge is 2.18. The van der Waals surface area contributed by atoms with Gasteiger partial charge in [0.1, 0.15) is 5.82 Å². The van der Waals surface area contributed by atoms with Crippen LogP contribution in [0.2, 0.25) is 0 Å². The quantitative estimate of drug-likeness (QED) is 0.670. The fourth-order valence-electron chi connectivity index (χ4n) is 2.78. The molecule has 0 bridgehead atoms. The lowest BCUT2D eigenvalue weighted by Gasteiger charge is -2.24. The van der Waals surface area contributed by atoms with Gasteiger partial charge >= 0.3 is 0 Å². The number of benzene rings is 2.